The van der Waals surface area contributed by atoms with Crippen LogP contribution in [0.25, 0.3) is 0 Å². The molecule has 94 valence electrons. The van der Waals surface area contributed by atoms with Gasteiger partial charge in [0.15, 0.2) is 11.6 Å². The molecule has 0 aliphatic heterocycles. The molecule has 0 aliphatic rings. The van der Waals surface area contributed by atoms with Crippen LogP contribution in [-0.2, 0) is 6.54 Å². The highest BCUT2D eigenvalue weighted by atomic mass is 35.5. The molecular formula is C13H9Cl2F2N. The lowest BCUT2D eigenvalue weighted by molar-refractivity contribution is 0.507. The first kappa shape index (κ1) is 13.1. The van der Waals surface area contributed by atoms with Gasteiger partial charge in [0.05, 0.1) is 10.0 Å². The van der Waals surface area contributed by atoms with Gasteiger partial charge in [-0.25, -0.2) is 8.78 Å². The maximum Gasteiger partial charge on any atom is 0.159 e. The number of benzene rings is 2. The number of hydrogen-bond donors (Lipinski definition) is 1. The second kappa shape index (κ2) is 5.55. The van der Waals surface area contributed by atoms with E-state index in [-0.39, 0.29) is 0 Å². The molecule has 0 atom stereocenters. The predicted molar refractivity (Wildman–Crippen MR) is 70.1 cm³/mol. The summed E-state index contributed by atoms with van der Waals surface area (Å²) >= 11 is 11.6. The van der Waals surface area contributed by atoms with Crippen LogP contribution in [0.15, 0.2) is 36.4 Å². The highest BCUT2D eigenvalue weighted by Crippen LogP contribution is 2.25. The van der Waals surface area contributed by atoms with E-state index < -0.39 is 11.6 Å². The maximum atomic E-state index is 13.0. The minimum Gasteiger partial charge on any atom is -0.381 e. The van der Waals surface area contributed by atoms with E-state index in [4.69, 9.17) is 23.2 Å². The standard InChI is InChI=1S/C13H9Cl2F2N/c14-10-3-2-9(6-11(10)15)18-7-8-1-4-12(16)13(17)5-8/h1-6,18H,7H2. The Kier molecular flexibility index (Phi) is 4.04. The molecule has 0 spiro atoms. The van der Waals surface area contributed by atoms with Gasteiger partial charge in [0, 0.05) is 12.2 Å². The third-order valence-corrected chi connectivity index (χ3v) is 3.14. The van der Waals surface area contributed by atoms with Gasteiger partial charge in [-0.1, -0.05) is 29.3 Å². The Morgan fingerprint density at radius 3 is 2.33 bits per heavy atom. The fraction of sp³-hybridized carbons (Fsp3) is 0.0769. The van der Waals surface area contributed by atoms with E-state index in [0.29, 0.717) is 22.2 Å². The molecule has 0 heterocycles. The SMILES string of the molecule is Fc1ccc(CNc2ccc(Cl)c(Cl)c2)cc1F. The van der Waals surface area contributed by atoms with Gasteiger partial charge in [0.2, 0.25) is 0 Å². The van der Waals surface area contributed by atoms with E-state index in [9.17, 15) is 8.78 Å². The Morgan fingerprint density at radius 2 is 1.67 bits per heavy atom. The first-order chi connectivity index (χ1) is 8.56. The molecule has 0 fully saturated rings. The van der Waals surface area contributed by atoms with Gasteiger partial charge in [0.1, 0.15) is 0 Å². The maximum absolute atomic E-state index is 13.0. The average molecular weight is 288 g/mol. The van der Waals surface area contributed by atoms with Gasteiger partial charge in [-0.2, -0.15) is 0 Å². The van der Waals surface area contributed by atoms with E-state index in [1.807, 2.05) is 0 Å². The number of nitrogens with one attached hydrogen (secondary N) is 1. The summed E-state index contributed by atoms with van der Waals surface area (Å²) in [6.07, 6.45) is 0. The van der Waals surface area contributed by atoms with Crippen molar-refractivity contribution in [3.05, 3.63) is 63.6 Å². The van der Waals surface area contributed by atoms with Gasteiger partial charge in [-0.15, -0.1) is 0 Å². The minimum absolute atomic E-state index is 0.370. The first-order valence-corrected chi connectivity index (χ1v) is 5.95. The molecule has 2 aromatic carbocycles. The lowest BCUT2D eigenvalue weighted by Gasteiger charge is -2.08. The number of anilines is 1. The van der Waals surface area contributed by atoms with E-state index in [1.54, 1.807) is 18.2 Å². The van der Waals surface area contributed by atoms with Crippen LogP contribution in [-0.4, -0.2) is 0 Å². The molecule has 1 N–H and O–H groups in total. The molecule has 0 saturated heterocycles. The summed E-state index contributed by atoms with van der Waals surface area (Å²) in [5.74, 6) is -1.71. The molecule has 0 aliphatic carbocycles. The van der Waals surface area contributed by atoms with Crippen molar-refractivity contribution in [3.8, 4) is 0 Å². The quantitative estimate of drug-likeness (QED) is 0.848. The summed E-state index contributed by atoms with van der Waals surface area (Å²) in [6.45, 7) is 0.370. The number of rotatable bonds is 3. The second-order valence-electron chi connectivity index (χ2n) is 3.73. The van der Waals surface area contributed by atoms with Crippen molar-refractivity contribution in [3.63, 3.8) is 0 Å². The lowest BCUT2D eigenvalue weighted by atomic mass is 10.2. The zero-order chi connectivity index (χ0) is 13.1. The van der Waals surface area contributed by atoms with E-state index in [1.165, 1.54) is 6.07 Å². The molecule has 18 heavy (non-hydrogen) atoms. The third-order valence-electron chi connectivity index (χ3n) is 2.40. The van der Waals surface area contributed by atoms with E-state index >= 15 is 0 Å². The van der Waals surface area contributed by atoms with Crippen LogP contribution in [0.5, 0.6) is 0 Å². The Hall–Kier alpha value is -1.32. The zero-order valence-electron chi connectivity index (χ0n) is 9.18. The van der Waals surface area contributed by atoms with Crippen molar-refractivity contribution < 1.29 is 8.78 Å². The summed E-state index contributed by atoms with van der Waals surface area (Å²) in [5.41, 5.74) is 1.40. The highest BCUT2D eigenvalue weighted by Gasteiger charge is 2.03. The van der Waals surface area contributed by atoms with Crippen molar-refractivity contribution >= 4 is 28.9 Å². The minimum atomic E-state index is -0.858. The summed E-state index contributed by atoms with van der Waals surface area (Å²) in [7, 11) is 0. The summed E-state index contributed by atoms with van der Waals surface area (Å²) in [5, 5.41) is 3.95. The van der Waals surface area contributed by atoms with Crippen LogP contribution in [0.2, 0.25) is 10.0 Å². The van der Waals surface area contributed by atoms with Crippen LogP contribution in [0, 0.1) is 11.6 Å². The summed E-state index contributed by atoms with van der Waals surface area (Å²) < 4.78 is 25.7. The molecule has 0 radical (unpaired) electrons. The zero-order valence-corrected chi connectivity index (χ0v) is 10.7. The smallest absolute Gasteiger partial charge is 0.159 e. The van der Waals surface area contributed by atoms with Crippen LogP contribution in [0.1, 0.15) is 5.56 Å². The third kappa shape index (κ3) is 3.12. The van der Waals surface area contributed by atoms with Gasteiger partial charge >= 0.3 is 0 Å². The van der Waals surface area contributed by atoms with Crippen LogP contribution < -0.4 is 5.32 Å². The van der Waals surface area contributed by atoms with Gasteiger partial charge < -0.3 is 5.32 Å². The van der Waals surface area contributed by atoms with Gasteiger partial charge in [-0.05, 0) is 35.9 Å². The molecule has 2 aromatic rings. The topological polar surface area (TPSA) is 12.0 Å². The molecule has 1 nitrogen and oxygen atoms in total. The van der Waals surface area contributed by atoms with Crippen molar-refractivity contribution in [2.24, 2.45) is 0 Å². The van der Waals surface area contributed by atoms with Crippen LogP contribution in [0.4, 0.5) is 14.5 Å². The Labute approximate surface area is 113 Å². The molecule has 2 rings (SSSR count). The Bertz CT molecular complexity index is 521. The average Bonchev–Trinajstić information content (AvgIpc) is 2.35. The van der Waals surface area contributed by atoms with Crippen molar-refractivity contribution in [1.82, 2.24) is 0 Å². The Morgan fingerprint density at radius 1 is 0.889 bits per heavy atom. The second-order valence-corrected chi connectivity index (χ2v) is 4.55. The van der Waals surface area contributed by atoms with E-state index in [2.05, 4.69) is 5.32 Å². The summed E-state index contributed by atoms with van der Waals surface area (Å²) in [4.78, 5) is 0. The lowest BCUT2D eigenvalue weighted by Crippen LogP contribution is -2.00. The molecule has 0 saturated carbocycles. The van der Waals surface area contributed by atoms with Crippen molar-refractivity contribution in [1.29, 1.82) is 0 Å². The first-order valence-electron chi connectivity index (χ1n) is 5.19. The fourth-order valence-electron chi connectivity index (χ4n) is 1.46. The molecule has 0 unspecified atom stereocenters. The van der Waals surface area contributed by atoms with Gasteiger partial charge in [0.25, 0.3) is 0 Å². The predicted octanol–water partition coefficient (Wildman–Crippen LogP) is 4.88. The molecule has 0 aromatic heterocycles. The molecule has 0 amide bonds. The van der Waals surface area contributed by atoms with E-state index in [0.717, 1.165) is 17.8 Å². The van der Waals surface area contributed by atoms with Crippen LogP contribution in [0.3, 0.4) is 0 Å². The summed E-state index contributed by atoms with van der Waals surface area (Å²) in [6, 6.07) is 8.86. The molecular weight excluding hydrogens is 279 g/mol. The molecule has 0 bridgehead atoms. The fourth-order valence-corrected chi connectivity index (χ4v) is 1.76. The molecule has 5 heteroatoms. The number of halogens is 4. The highest BCUT2D eigenvalue weighted by molar-refractivity contribution is 6.42. The number of hydrogen-bond acceptors (Lipinski definition) is 1. The van der Waals surface area contributed by atoms with Gasteiger partial charge in [-0.3, -0.25) is 0 Å². The van der Waals surface area contributed by atoms with Crippen molar-refractivity contribution in [2.45, 2.75) is 6.54 Å². The monoisotopic (exact) mass is 287 g/mol. The van der Waals surface area contributed by atoms with Crippen molar-refractivity contribution in [2.75, 3.05) is 5.32 Å². The largest absolute Gasteiger partial charge is 0.381 e. The Balaban J connectivity index is 2.06. The normalized spacial score (nSPS) is 10.4. The van der Waals surface area contributed by atoms with Crippen LogP contribution >= 0.6 is 23.2 Å².